The molecule has 4 rings (SSSR count). The Balaban J connectivity index is 1.86. The highest BCUT2D eigenvalue weighted by Crippen LogP contribution is 2.35. The first-order chi connectivity index (χ1) is 16.3. The summed E-state index contributed by atoms with van der Waals surface area (Å²) in [5.41, 5.74) is 3.35. The minimum Gasteiger partial charge on any atom is -0.496 e. The molecule has 1 amide bonds. The summed E-state index contributed by atoms with van der Waals surface area (Å²) >= 11 is 0. The van der Waals surface area contributed by atoms with Gasteiger partial charge in [0.05, 0.1) is 25.0 Å². The normalized spacial score (nSPS) is 11.9. The summed E-state index contributed by atoms with van der Waals surface area (Å²) in [6, 6.07) is 11.9. The van der Waals surface area contributed by atoms with Gasteiger partial charge in [0, 0.05) is 42.8 Å². The number of aromatic nitrogens is 3. The molecule has 0 aliphatic carbocycles. The molecule has 0 bridgehead atoms. The fourth-order valence-electron chi connectivity index (χ4n) is 3.73. The van der Waals surface area contributed by atoms with Crippen LogP contribution < -0.4 is 10.1 Å². The zero-order chi connectivity index (χ0) is 24.4. The summed E-state index contributed by atoms with van der Waals surface area (Å²) in [4.78, 5) is 18.7. The Hall–Kier alpha value is -3.98. The molecule has 0 radical (unpaired) electrons. The summed E-state index contributed by atoms with van der Waals surface area (Å²) < 4.78 is 20.7. The van der Waals surface area contributed by atoms with Crippen molar-refractivity contribution in [3.63, 3.8) is 0 Å². The molecule has 1 unspecified atom stereocenters. The van der Waals surface area contributed by atoms with E-state index >= 15 is 4.39 Å². The number of methoxy groups -OCH3 is 1. The lowest BCUT2D eigenvalue weighted by Gasteiger charge is -2.20. The van der Waals surface area contributed by atoms with Gasteiger partial charge in [-0.25, -0.2) is 9.37 Å². The second kappa shape index (κ2) is 9.48. The number of amides is 1. The number of fused-ring (bicyclic) bond motifs is 1. The first-order valence-electron chi connectivity index (χ1n) is 10.7. The number of rotatable bonds is 7. The van der Waals surface area contributed by atoms with Gasteiger partial charge in [0.15, 0.2) is 5.65 Å². The number of ether oxygens (including phenoxy) is 1. The number of aliphatic hydroxyl groups excluding tert-OH is 1. The Kier molecular flexibility index (Phi) is 6.47. The lowest BCUT2D eigenvalue weighted by Crippen LogP contribution is -2.26. The van der Waals surface area contributed by atoms with Crippen molar-refractivity contribution in [1.29, 1.82) is 0 Å². The van der Waals surface area contributed by atoms with Gasteiger partial charge in [-0.15, -0.1) is 0 Å². The van der Waals surface area contributed by atoms with E-state index < -0.39 is 11.9 Å². The number of H-pyrrole nitrogens is 1. The van der Waals surface area contributed by atoms with Gasteiger partial charge in [0.2, 0.25) is 0 Å². The molecule has 8 nitrogen and oxygen atoms in total. The Morgan fingerprint density at radius 1 is 1.24 bits per heavy atom. The minimum absolute atomic E-state index is 0.0519. The number of benzene rings is 2. The molecule has 0 fully saturated rings. The van der Waals surface area contributed by atoms with Crippen LogP contribution in [-0.4, -0.2) is 64.9 Å². The predicted molar refractivity (Wildman–Crippen MR) is 129 cm³/mol. The number of carbonyl (C=O) groups excluding carboxylic acids is 1. The Morgan fingerprint density at radius 2 is 2.00 bits per heavy atom. The quantitative estimate of drug-likeness (QED) is 0.384. The molecule has 2 aromatic carbocycles. The smallest absolute Gasteiger partial charge is 0.255 e. The number of pyridine rings is 1. The number of nitrogens with one attached hydrogen (secondary N) is 2. The molecule has 34 heavy (non-hydrogen) atoms. The van der Waals surface area contributed by atoms with Crippen molar-refractivity contribution < 1.29 is 19.0 Å². The monoisotopic (exact) mass is 463 g/mol. The molecule has 9 heteroatoms. The van der Waals surface area contributed by atoms with E-state index in [1.807, 2.05) is 30.3 Å². The van der Waals surface area contributed by atoms with E-state index in [-0.39, 0.29) is 23.8 Å². The van der Waals surface area contributed by atoms with E-state index in [2.05, 4.69) is 20.5 Å². The largest absolute Gasteiger partial charge is 0.496 e. The molecule has 0 saturated carbocycles. The second-order valence-corrected chi connectivity index (χ2v) is 8.20. The molecule has 3 N–H and O–H groups in total. The van der Waals surface area contributed by atoms with E-state index in [1.165, 1.54) is 11.0 Å². The van der Waals surface area contributed by atoms with Crippen LogP contribution in [0.5, 0.6) is 5.75 Å². The fraction of sp³-hybridized carbons (Fsp3) is 0.240. The van der Waals surface area contributed by atoms with E-state index in [0.717, 1.165) is 10.9 Å². The maximum absolute atomic E-state index is 15.2. The topological polar surface area (TPSA) is 103 Å². The third kappa shape index (κ3) is 4.29. The van der Waals surface area contributed by atoms with Crippen LogP contribution in [0.15, 0.2) is 48.7 Å². The highest BCUT2D eigenvalue weighted by atomic mass is 19.1. The summed E-state index contributed by atoms with van der Waals surface area (Å²) in [6.45, 7) is 1.50. The number of para-hydroxylation sites is 1. The lowest BCUT2D eigenvalue weighted by atomic mass is 9.99. The predicted octanol–water partition coefficient (Wildman–Crippen LogP) is 3.93. The summed E-state index contributed by atoms with van der Waals surface area (Å²) in [5.74, 6) is -0.291. The number of aliphatic hydroxyl groups is 1. The molecule has 176 valence electrons. The Morgan fingerprint density at radius 3 is 2.71 bits per heavy atom. The van der Waals surface area contributed by atoms with Gasteiger partial charge in [-0.1, -0.05) is 12.1 Å². The van der Waals surface area contributed by atoms with Crippen molar-refractivity contribution in [3.05, 3.63) is 60.0 Å². The van der Waals surface area contributed by atoms with Gasteiger partial charge in [-0.2, -0.15) is 5.10 Å². The van der Waals surface area contributed by atoms with Crippen molar-refractivity contribution >= 4 is 22.6 Å². The van der Waals surface area contributed by atoms with Gasteiger partial charge in [0.1, 0.15) is 17.3 Å². The van der Waals surface area contributed by atoms with Gasteiger partial charge in [0.25, 0.3) is 5.91 Å². The fourth-order valence-corrected chi connectivity index (χ4v) is 3.73. The van der Waals surface area contributed by atoms with E-state index in [1.54, 1.807) is 40.4 Å². The molecule has 2 aromatic heterocycles. The molecular formula is C25H26FN5O3. The number of anilines is 1. The van der Waals surface area contributed by atoms with Crippen LogP contribution in [0.25, 0.3) is 33.4 Å². The number of hydrogen-bond acceptors (Lipinski definition) is 6. The lowest BCUT2D eigenvalue weighted by molar-refractivity contribution is 0.0828. The van der Waals surface area contributed by atoms with E-state index in [9.17, 15) is 9.90 Å². The minimum atomic E-state index is -0.597. The first-order valence-corrected chi connectivity index (χ1v) is 10.7. The third-order valence-corrected chi connectivity index (χ3v) is 5.50. The highest BCUT2D eigenvalue weighted by molar-refractivity contribution is 6.01. The van der Waals surface area contributed by atoms with Crippen LogP contribution in [0.4, 0.5) is 10.1 Å². The number of halogens is 1. The molecule has 2 heterocycles. The van der Waals surface area contributed by atoms with Crippen LogP contribution >= 0.6 is 0 Å². The number of nitrogens with zero attached hydrogens (tertiary/aromatic N) is 3. The number of hydrogen-bond donors (Lipinski definition) is 3. The van der Waals surface area contributed by atoms with Crippen molar-refractivity contribution in [1.82, 2.24) is 20.1 Å². The summed E-state index contributed by atoms with van der Waals surface area (Å²) in [6.07, 6.45) is 1.61. The van der Waals surface area contributed by atoms with Crippen molar-refractivity contribution in [2.24, 2.45) is 0 Å². The molecule has 0 spiro atoms. The van der Waals surface area contributed by atoms with Crippen molar-refractivity contribution in [2.75, 3.05) is 33.1 Å². The van der Waals surface area contributed by atoms with Gasteiger partial charge in [-0.05, 0) is 42.8 Å². The maximum atomic E-state index is 15.2. The molecule has 0 aliphatic heterocycles. The first kappa shape index (κ1) is 23.2. The maximum Gasteiger partial charge on any atom is 0.255 e. The van der Waals surface area contributed by atoms with Gasteiger partial charge in [-0.3, -0.25) is 9.89 Å². The average Bonchev–Trinajstić information content (AvgIpc) is 3.27. The standard InChI is InChI=1S/C25H26FN5O3/c1-14(13-32)28-23-19(25(33)31(2)3)9-15(11-20(23)26)16-10-18-22(29-30-24(18)27-12-16)17-7-5-6-8-21(17)34-4/h5-12,14,28,32H,13H2,1-4H3,(H,27,29,30). The van der Waals surface area contributed by atoms with Crippen LogP contribution in [0, 0.1) is 5.82 Å². The molecule has 0 aliphatic rings. The highest BCUT2D eigenvalue weighted by Gasteiger charge is 2.21. The summed E-state index contributed by atoms with van der Waals surface area (Å²) in [7, 11) is 4.80. The third-order valence-electron chi connectivity index (χ3n) is 5.50. The van der Waals surface area contributed by atoms with E-state index in [4.69, 9.17) is 4.74 Å². The summed E-state index contributed by atoms with van der Waals surface area (Å²) in [5, 5.41) is 20.4. The van der Waals surface area contributed by atoms with Crippen molar-refractivity contribution in [3.8, 4) is 28.1 Å². The van der Waals surface area contributed by atoms with Crippen molar-refractivity contribution in [2.45, 2.75) is 13.0 Å². The SMILES string of the molecule is COc1ccccc1-c1n[nH]c2ncc(-c3cc(F)c(NC(C)CO)c(C(=O)N(C)C)c3)cc12. The Labute approximate surface area is 196 Å². The molecule has 4 aromatic rings. The Bertz CT molecular complexity index is 1350. The van der Waals surface area contributed by atoms with Crippen LogP contribution in [-0.2, 0) is 0 Å². The van der Waals surface area contributed by atoms with E-state index in [0.29, 0.717) is 28.2 Å². The van der Waals surface area contributed by atoms with Gasteiger partial charge >= 0.3 is 0 Å². The molecule has 1 atom stereocenters. The number of aromatic amines is 1. The zero-order valence-corrected chi connectivity index (χ0v) is 19.4. The second-order valence-electron chi connectivity index (χ2n) is 8.20. The van der Waals surface area contributed by atoms with Crippen LogP contribution in [0.3, 0.4) is 0 Å². The molecule has 0 saturated heterocycles. The van der Waals surface area contributed by atoms with Crippen LogP contribution in [0.1, 0.15) is 17.3 Å². The molecular weight excluding hydrogens is 437 g/mol. The van der Waals surface area contributed by atoms with Crippen LogP contribution in [0.2, 0.25) is 0 Å². The average molecular weight is 464 g/mol. The number of carbonyl (C=O) groups is 1. The van der Waals surface area contributed by atoms with Gasteiger partial charge < -0.3 is 20.1 Å². The zero-order valence-electron chi connectivity index (χ0n) is 19.4.